The molecule has 0 radical (unpaired) electrons. The van der Waals surface area contributed by atoms with E-state index >= 15 is 0 Å². The van der Waals surface area contributed by atoms with Crippen LogP contribution >= 0.6 is 11.8 Å². The molecule has 88 valence electrons. The average Bonchev–Trinajstić information content (AvgIpc) is 2.28. The van der Waals surface area contributed by atoms with Crippen molar-refractivity contribution in [3.63, 3.8) is 0 Å². The summed E-state index contributed by atoms with van der Waals surface area (Å²) >= 11 is 1.41. The molecule has 1 aromatic carbocycles. The van der Waals surface area contributed by atoms with Crippen molar-refractivity contribution in [1.29, 1.82) is 0 Å². The Morgan fingerprint density at radius 1 is 1.44 bits per heavy atom. The third kappa shape index (κ3) is 4.55. The number of carbonyl (C=O) groups is 1. The predicted molar refractivity (Wildman–Crippen MR) is 66.6 cm³/mol. The fourth-order valence-corrected chi connectivity index (χ4v) is 1.96. The van der Waals surface area contributed by atoms with Crippen LogP contribution in [0.2, 0.25) is 0 Å². The van der Waals surface area contributed by atoms with Crippen molar-refractivity contribution >= 4 is 23.4 Å². The van der Waals surface area contributed by atoms with Gasteiger partial charge in [0.1, 0.15) is 0 Å². The highest BCUT2D eigenvalue weighted by Gasteiger charge is 2.03. The summed E-state index contributed by atoms with van der Waals surface area (Å²) in [4.78, 5) is 11.7. The van der Waals surface area contributed by atoms with Crippen molar-refractivity contribution < 1.29 is 9.90 Å². The molecule has 0 aliphatic carbocycles. The Hall–Kier alpha value is -1.20. The molecule has 4 nitrogen and oxygen atoms in total. The Balaban J connectivity index is 2.56. The SMILES string of the molecule is NC(=O)CSc1ccccc1NCCCO. The number of aliphatic hydroxyl groups is 1. The van der Waals surface area contributed by atoms with Crippen molar-refractivity contribution in [2.75, 3.05) is 24.2 Å². The number of nitrogens with one attached hydrogen (secondary N) is 1. The smallest absolute Gasteiger partial charge is 0.227 e. The molecule has 0 aliphatic heterocycles. The largest absolute Gasteiger partial charge is 0.396 e. The van der Waals surface area contributed by atoms with Crippen LogP contribution < -0.4 is 11.1 Å². The zero-order valence-corrected chi connectivity index (χ0v) is 9.80. The van der Waals surface area contributed by atoms with E-state index in [1.807, 2.05) is 24.3 Å². The molecule has 1 rings (SSSR count). The number of amides is 1. The minimum atomic E-state index is -0.324. The summed E-state index contributed by atoms with van der Waals surface area (Å²) in [6.07, 6.45) is 0.703. The van der Waals surface area contributed by atoms with Gasteiger partial charge in [0.15, 0.2) is 0 Å². The lowest BCUT2D eigenvalue weighted by atomic mass is 10.3. The summed E-state index contributed by atoms with van der Waals surface area (Å²) < 4.78 is 0. The van der Waals surface area contributed by atoms with Gasteiger partial charge in [-0.1, -0.05) is 12.1 Å². The molecule has 4 N–H and O–H groups in total. The van der Waals surface area contributed by atoms with E-state index in [1.54, 1.807) is 0 Å². The monoisotopic (exact) mass is 240 g/mol. The van der Waals surface area contributed by atoms with E-state index < -0.39 is 0 Å². The van der Waals surface area contributed by atoms with Gasteiger partial charge in [0.25, 0.3) is 0 Å². The molecular formula is C11H16N2O2S. The Kier molecular flexibility index (Phi) is 5.74. The third-order valence-electron chi connectivity index (χ3n) is 1.91. The second-order valence-electron chi connectivity index (χ2n) is 3.26. The van der Waals surface area contributed by atoms with E-state index in [9.17, 15) is 4.79 Å². The summed E-state index contributed by atoms with van der Waals surface area (Å²) in [5, 5.41) is 11.9. The van der Waals surface area contributed by atoms with Gasteiger partial charge in [0.2, 0.25) is 5.91 Å². The highest BCUT2D eigenvalue weighted by molar-refractivity contribution is 8.00. The van der Waals surface area contributed by atoms with E-state index in [1.165, 1.54) is 11.8 Å². The van der Waals surface area contributed by atoms with E-state index in [4.69, 9.17) is 10.8 Å². The van der Waals surface area contributed by atoms with Gasteiger partial charge in [-0.05, 0) is 18.6 Å². The van der Waals surface area contributed by atoms with Crippen LogP contribution in [-0.2, 0) is 4.79 Å². The highest BCUT2D eigenvalue weighted by atomic mass is 32.2. The molecule has 0 aliphatic rings. The van der Waals surface area contributed by atoms with E-state index in [2.05, 4.69) is 5.32 Å². The number of anilines is 1. The van der Waals surface area contributed by atoms with Crippen molar-refractivity contribution in [2.45, 2.75) is 11.3 Å². The molecule has 0 aromatic heterocycles. The van der Waals surface area contributed by atoms with Crippen molar-refractivity contribution in [3.05, 3.63) is 24.3 Å². The number of primary amides is 1. The standard InChI is InChI=1S/C11H16N2O2S/c12-11(15)8-16-10-5-2-1-4-9(10)13-6-3-7-14/h1-2,4-5,13-14H,3,6-8H2,(H2,12,15). The highest BCUT2D eigenvalue weighted by Crippen LogP contribution is 2.26. The van der Waals surface area contributed by atoms with Gasteiger partial charge in [-0.3, -0.25) is 4.79 Å². The summed E-state index contributed by atoms with van der Waals surface area (Å²) in [5.41, 5.74) is 6.07. The van der Waals surface area contributed by atoms with Gasteiger partial charge >= 0.3 is 0 Å². The summed E-state index contributed by atoms with van der Waals surface area (Å²) in [7, 11) is 0. The van der Waals surface area contributed by atoms with Gasteiger partial charge in [0, 0.05) is 23.7 Å². The van der Waals surface area contributed by atoms with Gasteiger partial charge in [0.05, 0.1) is 5.75 Å². The quantitative estimate of drug-likeness (QED) is 0.492. The normalized spacial score (nSPS) is 10.1. The van der Waals surface area contributed by atoms with Crippen LogP contribution in [0.15, 0.2) is 29.2 Å². The van der Waals surface area contributed by atoms with Gasteiger partial charge < -0.3 is 16.2 Å². The molecule has 16 heavy (non-hydrogen) atoms. The van der Waals surface area contributed by atoms with Crippen molar-refractivity contribution in [2.24, 2.45) is 5.73 Å². The maximum absolute atomic E-state index is 10.7. The minimum absolute atomic E-state index is 0.170. The maximum Gasteiger partial charge on any atom is 0.227 e. The van der Waals surface area contributed by atoms with Crippen LogP contribution in [0, 0.1) is 0 Å². The minimum Gasteiger partial charge on any atom is -0.396 e. The van der Waals surface area contributed by atoms with Crippen molar-refractivity contribution in [3.8, 4) is 0 Å². The number of carbonyl (C=O) groups excluding carboxylic acids is 1. The van der Waals surface area contributed by atoms with Gasteiger partial charge in [-0.15, -0.1) is 11.8 Å². The van der Waals surface area contributed by atoms with Crippen LogP contribution in [-0.4, -0.2) is 29.9 Å². The number of rotatable bonds is 7. The number of hydrogen-bond donors (Lipinski definition) is 3. The molecule has 0 fully saturated rings. The summed E-state index contributed by atoms with van der Waals surface area (Å²) in [5.74, 6) is -0.0474. The first-order chi connectivity index (χ1) is 7.74. The Morgan fingerprint density at radius 3 is 2.88 bits per heavy atom. The fourth-order valence-electron chi connectivity index (χ4n) is 1.19. The average molecular weight is 240 g/mol. The number of thioether (sulfide) groups is 1. The fraction of sp³-hybridized carbons (Fsp3) is 0.364. The lowest BCUT2D eigenvalue weighted by molar-refractivity contribution is -0.115. The lowest BCUT2D eigenvalue weighted by Gasteiger charge is -2.10. The predicted octanol–water partition coefficient (Wildman–Crippen LogP) is 1.06. The molecule has 1 aromatic rings. The van der Waals surface area contributed by atoms with Crippen LogP contribution in [0.5, 0.6) is 0 Å². The van der Waals surface area contributed by atoms with Crippen LogP contribution in [0.3, 0.4) is 0 Å². The number of nitrogens with two attached hydrogens (primary N) is 1. The second-order valence-corrected chi connectivity index (χ2v) is 4.27. The zero-order chi connectivity index (χ0) is 11.8. The summed E-state index contributed by atoms with van der Waals surface area (Å²) in [6, 6.07) is 7.73. The van der Waals surface area contributed by atoms with Crippen molar-refractivity contribution in [1.82, 2.24) is 0 Å². The zero-order valence-electron chi connectivity index (χ0n) is 8.98. The van der Waals surface area contributed by atoms with Crippen LogP contribution in [0.4, 0.5) is 5.69 Å². The molecule has 0 saturated heterocycles. The van der Waals surface area contributed by atoms with Crippen LogP contribution in [0.1, 0.15) is 6.42 Å². The Bertz CT molecular complexity index is 345. The molecule has 5 heteroatoms. The van der Waals surface area contributed by atoms with E-state index in [0.29, 0.717) is 13.0 Å². The Morgan fingerprint density at radius 2 is 2.19 bits per heavy atom. The lowest BCUT2D eigenvalue weighted by Crippen LogP contribution is -2.13. The molecule has 1 amide bonds. The molecule has 0 spiro atoms. The number of aliphatic hydroxyl groups excluding tert-OH is 1. The second kappa shape index (κ2) is 7.14. The molecule has 0 heterocycles. The van der Waals surface area contributed by atoms with Gasteiger partial charge in [-0.2, -0.15) is 0 Å². The molecule has 0 saturated carbocycles. The van der Waals surface area contributed by atoms with E-state index in [0.717, 1.165) is 10.6 Å². The van der Waals surface area contributed by atoms with Gasteiger partial charge in [-0.25, -0.2) is 0 Å². The topological polar surface area (TPSA) is 75.4 Å². The third-order valence-corrected chi connectivity index (χ3v) is 3.00. The molecule has 0 bridgehead atoms. The first kappa shape index (κ1) is 12.9. The number of benzene rings is 1. The molecular weight excluding hydrogens is 224 g/mol. The maximum atomic E-state index is 10.7. The first-order valence-corrected chi connectivity index (χ1v) is 6.07. The molecule has 0 unspecified atom stereocenters. The molecule has 0 atom stereocenters. The Labute approximate surface area is 99.2 Å². The number of hydrogen-bond acceptors (Lipinski definition) is 4. The van der Waals surface area contributed by atoms with E-state index in [-0.39, 0.29) is 18.3 Å². The van der Waals surface area contributed by atoms with Crippen LogP contribution in [0.25, 0.3) is 0 Å². The summed E-state index contributed by atoms with van der Waals surface area (Å²) in [6.45, 7) is 0.883. The first-order valence-electron chi connectivity index (χ1n) is 5.09. The number of para-hydroxylation sites is 1.